The lowest BCUT2D eigenvalue weighted by Gasteiger charge is -2.47. The summed E-state index contributed by atoms with van der Waals surface area (Å²) in [6, 6.07) is 45.0. The average Bonchev–Trinajstić information content (AvgIpc) is 3.17. The highest BCUT2D eigenvalue weighted by atomic mass is 79.9. The quantitative estimate of drug-likeness (QED) is 0.112. The van der Waals surface area contributed by atoms with E-state index in [-0.39, 0.29) is 0 Å². The van der Waals surface area contributed by atoms with Crippen molar-refractivity contribution in [3.63, 3.8) is 0 Å². The van der Waals surface area contributed by atoms with E-state index in [2.05, 4.69) is 95.6 Å². The maximum atomic E-state index is 6.91. The van der Waals surface area contributed by atoms with Crippen LogP contribution in [-0.2, 0) is 0 Å². The molecule has 18 heteroatoms. The van der Waals surface area contributed by atoms with Gasteiger partial charge in [0.25, 0.3) is 0 Å². The Kier molecular flexibility index (Phi) is 14.3. The number of benzene rings is 6. The summed E-state index contributed by atoms with van der Waals surface area (Å²) in [5.41, 5.74) is 0. The molecule has 0 aliphatic carbocycles. The van der Waals surface area contributed by atoms with Crippen molar-refractivity contribution in [3.8, 4) is 34.5 Å². The summed E-state index contributed by atoms with van der Waals surface area (Å²) in [5.74, 6) is 3.21. The zero-order valence-corrected chi connectivity index (χ0v) is 39.5. The van der Waals surface area contributed by atoms with Crippen molar-refractivity contribution in [3.05, 3.63) is 172 Å². The van der Waals surface area contributed by atoms with Gasteiger partial charge in [-0.1, -0.05) is 95.6 Å². The summed E-state index contributed by atoms with van der Waals surface area (Å²) >= 11 is 21.3. The summed E-state index contributed by atoms with van der Waals surface area (Å²) in [7, 11) is -6.28. The fourth-order valence-electron chi connectivity index (χ4n) is 4.35. The highest BCUT2D eigenvalue weighted by Gasteiger charge is 2.60. The van der Waals surface area contributed by atoms with Gasteiger partial charge in [-0.3, -0.25) is 0 Å². The van der Waals surface area contributed by atoms with Gasteiger partial charge in [0.15, 0.2) is 0 Å². The molecule has 6 aromatic rings. The van der Waals surface area contributed by atoms with E-state index < -0.39 is 25.3 Å². The number of hydrogen-bond acceptors (Lipinski definition) is 9. The van der Waals surface area contributed by atoms with Crippen molar-refractivity contribution in [2.45, 2.75) is 0 Å². The molecule has 0 aromatic heterocycles. The molecule has 54 heavy (non-hydrogen) atoms. The van der Waals surface area contributed by atoms with Gasteiger partial charge in [0.1, 0.15) is 34.5 Å². The third-order valence-electron chi connectivity index (χ3n) is 6.88. The summed E-state index contributed by atoms with van der Waals surface area (Å²) in [6.45, 7) is 0. The van der Waals surface area contributed by atoms with Crippen LogP contribution in [0.2, 0.25) is 0 Å². The third-order valence-corrected chi connectivity index (χ3v) is 16.2. The minimum atomic E-state index is -2.09. The Bertz CT molecular complexity index is 1720. The topological polar surface area (TPSA) is 65.1 Å². The molecule has 1 aliphatic rings. The first-order valence-corrected chi connectivity index (χ1v) is 23.8. The zero-order valence-electron chi connectivity index (χ0n) is 27.3. The fraction of sp³-hybridized carbons (Fsp3) is 0. The molecule has 1 aliphatic heterocycles. The van der Waals surface area contributed by atoms with Crippen LogP contribution in [0.15, 0.2) is 172 Å². The first-order valence-electron chi connectivity index (χ1n) is 15.6. The van der Waals surface area contributed by atoms with Crippen LogP contribution in [0.4, 0.5) is 0 Å². The molecule has 6 aromatic carbocycles. The van der Waals surface area contributed by atoms with Crippen LogP contribution in [0.5, 0.6) is 34.5 Å². The standard InChI is InChI=1S/C36H24Br6N3O6P3/c37-25-1-13-31(14-2-25)46-43-52(49-34-19-7-28(40)8-20-34)44(47-32-15-3-26(38)4-16-32)54(51-36-23-11-30(42)12-24-36)45(48-33-17-5-27(39)6-18-33)53(43)50-35-21-9-29(41)10-22-35/h1-24H. The van der Waals surface area contributed by atoms with E-state index >= 15 is 0 Å². The molecule has 1 heterocycles. The summed E-state index contributed by atoms with van der Waals surface area (Å²) < 4.78 is 31.1. The number of halogens is 6. The average molecular weight is 1170 g/mol. The van der Waals surface area contributed by atoms with E-state index in [9.17, 15) is 0 Å². The number of hydrogen-bond donors (Lipinski definition) is 0. The SMILES string of the molecule is Brc1ccc(ON2P(Oc3ccc(Br)cc3)N(Oc3ccc(Br)cc3)P(Oc3ccc(Br)cc3)N(Oc3ccc(Br)cc3)P2Oc2ccc(Br)cc2)cc1. The zero-order chi connectivity index (χ0) is 37.6. The van der Waals surface area contributed by atoms with Crippen molar-refractivity contribution in [2.24, 2.45) is 0 Å². The van der Waals surface area contributed by atoms with Crippen LogP contribution in [0.3, 0.4) is 0 Å². The first-order chi connectivity index (χ1) is 26.2. The minimum Gasteiger partial charge on any atom is -0.440 e. The van der Waals surface area contributed by atoms with E-state index in [4.69, 9.17) is 28.1 Å². The maximum absolute atomic E-state index is 6.91. The minimum absolute atomic E-state index is 0.518. The van der Waals surface area contributed by atoms with Crippen molar-refractivity contribution in [2.75, 3.05) is 0 Å². The van der Waals surface area contributed by atoms with Crippen molar-refractivity contribution in [1.82, 2.24) is 13.8 Å². The Morgan fingerprint density at radius 3 is 0.611 bits per heavy atom. The Hall–Kier alpha value is -1.83. The lowest BCUT2D eigenvalue weighted by atomic mass is 10.3. The van der Waals surface area contributed by atoms with E-state index in [0.717, 1.165) is 26.8 Å². The molecule has 1 saturated heterocycles. The molecular weight excluding hydrogens is 1140 g/mol. The van der Waals surface area contributed by atoms with Crippen LogP contribution in [0.1, 0.15) is 0 Å². The van der Waals surface area contributed by atoms with Gasteiger partial charge in [0.2, 0.25) is 0 Å². The van der Waals surface area contributed by atoms with E-state index in [1.165, 1.54) is 0 Å². The fourth-order valence-corrected chi connectivity index (χ4v) is 12.8. The second-order valence-electron chi connectivity index (χ2n) is 10.8. The molecule has 0 saturated carbocycles. The molecule has 0 bridgehead atoms. The van der Waals surface area contributed by atoms with E-state index in [0.29, 0.717) is 34.5 Å². The largest absolute Gasteiger partial charge is 0.440 e. The summed E-state index contributed by atoms with van der Waals surface area (Å²) in [6.07, 6.45) is 0. The maximum Gasteiger partial charge on any atom is 0.336 e. The second kappa shape index (κ2) is 19.1. The van der Waals surface area contributed by atoms with Gasteiger partial charge in [0.05, 0.1) is 0 Å². The van der Waals surface area contributed by atoms with Gasteiger partial charge in [0, 0.05) is 40.6 Å². The molecule has 0 spiro atoms. The van der Waals surface area contributed by atoms with Gasteiger partial charge < -0.3 is 28.1 Å². The summed E-state index contributed by atoms with van der Waals surface area (Å²) in [4.78, 5) is 20.4. The van der Waals surface area contributed by atoms with Gasteiger partial charge in [-0.15, -0.1) is 0 Å². The smallest absolute Gasteiger partial charge is 0.336 e. The third kappa shape index (κ3) is 10.8. The van der Waals surface area contributed by atoms with Crippen LogP contribution in [0.25, 0.3) is 0 Å². The van der Waals surface area contributed by atoms with Crippen molar-refractivity contribution < 1.29 is 28.1 Å². The van der Waals surface area contributed by atoms with Crippen LogP contribution in [0, 0.1) is 0 Å². The molecule has 0 atom stereocenters. The molecule has 0 radical (unpaired) electrons. The van der Waals surface area contributed by atoms with Gasteiger partial charge in [-0.2, -0.15) is 0 Å². The van der Waals surface area contributed by atoms with Crippen molar-refractivity contribution >= 4 is 121 Å². The number of nitrogens with zero attached hydrogens (tertiary/aromatic N) is 3. The Morgan fingerprint density at radius 2 is 0.426 bits per heavy atom. The predicted octanol–water partition coefficient (Wildman–Crippen LogP) is 15.4. The molecule has 0 amide bonds. The predicted molar refractivity (Wildman–Crippen MR) is 235 cm³/mol. The van der Waals surface area contributed by atoms with E-state index in [1.807, 2.05) is 146 Å². The lowest BCUT2D eigenvalue weighted by molar-refractivity contribution is 0.0103. The second-order valence-corrected chi connectivity index (χ2v) is 21.5. The van der Waals surface area contributed by atoms with Gasteiger partial charge >= 0.3 is 25.3 Å². The molecular formula is C36H24Br6N3O6P3. The van der Waals surface area contributed by atoms with Gasteiger partial charge in [-0.05, 0) is 146 Å². The highest BCUT2D eigenvalue weighted by Crippen LogP contribution is 2.76. The monoisotopic (exact) mass is 1160 g/mol. The molecule has 0 unspecified atom stereocenters. The number of rotatable bonds is 12. The first kappa shape index (κ1) is 40.4. The molecule has 0 N–H and O–H groups in total. The Morgan fingerprint density at radius 1 is 0.259 bits per heavy atom. The Balaban J connectivity index is 1.43. The molecule has 1 fully saturated rings. The highest BCUT2D eigenvalue weighted by molar-refractivity contribution is 9.11. The lowest BCUT2D eigenvalue weighted by Crippen LogP contribution is -2.44. The molecule has 7 rings (SSSR count). The molecule has 9 nitrogen and oxygen atoms in total. The summed E-state index contributed by atoms with van der Waals surface area (Å²) in [5, 5.41) is 0. The van der Waals surface area contributed by atoms with E-state index in [1.54, 1.807) is 13.8 Å². The Labute approximate surface area is 366 Å². The van der Waals surface area contributed by atoms with Crippen molar-refractivity contribution in [1.29, 1.82) is 0 Å². The normalized spacial score (nSPS) is 17.8. The van der Waals surface area contributed by atoms with Crippen LogP contribution < -0.4 is 28.1 Å². The molecule has 276 valence electrons. The van der Waals surface area contributed by atoms with Crippen LogP contribution in [-0.4, -0.2) is 13.8 Å². The van der Waals surface area contributed by atoms with Crippen LogP contribution >= 0.6 is 121 Å². The van der Waals surface area contributed by atoms with Gasteiger partial charge in [-0.25, -0.2) is 0 Å².